The molecule has 0 aromatic heterocycles. The van der Waals surface area contributed by atoms with Gasteiger partial charge in [-0.2, -0.15) is 0 Å². The number of aliphatic hydroxyl groups is 1. The first kappa shape index (κ1) is 89.3. The smallest absolute Gasteiger partial charge is 0.420 e. The molecule has 0 spiro atoms. The molecule has 4 amide bonds. The number of amides is 4. The number of unbranched alkanes of at least 4 members (excludes halogenated alkanes) is 18. The monoisotopic (exact) mass is 1530 g/mol. The normalized spacial score (nSPS) is 17.5. The van der Waals surface area contributed by atoms with Crippen LogP contribution in [0, 0.1) is 78.0 Å². The molecule has 5 unspecified atom stereocenters. The molecule has 19 heteroatoms. The number of carbonyl (C=O) groups excluding carboxylic acids is 4. The lowest BCUT2D eigenvalue weighted by Crippen LogP contribution is -2.52. The van der Waals surface area contributed by atoms with Crippen molar-refractivity contribution in [3.8, 4) is 95.0 Å². The third-order valence-corrected chi connectivity index (χ3v) is 19.8. The molecule has 0 aliphatic carbocycles. The average Bonchev–Trinajstić information content (AvgIpc) is 1.18. The Morgan fingerprint density at radius 3 is 1.03 bits per heavy atom. The van der Waals surface area contributed by atoms with Crippen molar-refractivity contribution < 1.29 is 74.5 Å². The first-order valence-corrected chi connectivity index (χ1v) is 40.2. The number of benzene rings is 4. The molecule has 6 aliphatic heterocycles. The van der Waals surface area contributed by atoms with Gasteiger partial charge in [0.25, 0.3) is 0 Å². The van der Waals surface area contributed by atoms with Crippen molar-refractivity contribution in [3.05, 3.63) is 137 Å². The zero-order valence-corrected chi connectivity index (χ0v) is 67.2. The van der Waals surface area contributed by atoms with Gasteiger partial charge in [-0.15, -0.1) is 18.6 Å². The summed E-state index contributed by atoms with van der Waals surface area (Å²) >= 11 is 0. The number of ether oxygens (including phenoxy) is 10. The molecule has 5 atom stereocenters. The predicted molar refractivity (Wildman–Crippen MR) is 441 cm³/mol. The first-order chi connectivity index (χ1) is 54.4. The van der Waals surface area contributed by atoms with E-state index in [0.717, 1.165) is 120 Å². The molecule has 0 radical (unpaired) electrons. The van der Waals surface area contributed by atoms with Crippen LogP contribution >= 0.6 is 0 Å². The predicted octanol–water partition coefficient (Wildman–Crippen LogP) is 17.1. The van der Waals surface area contributed by atoms with E-state index in [1.54, 1.807) is 22.0 Å². The second-order valence-electron chi connectivity index (χ2n) is 30.0. The standard InChI is InChI=1S/C71H98N4O13.C10H6.C9H8.C3H6O2.2H2/c1-70(2,56-29-37-60(38-30-56)82-49-64-51-84-64)54-25-33-58(34-26-54)80-47-62-45-72(66(76)86-62)41-21-17-13-9-5-7-11-15-19-23-43-74-53-75(69(79)88-68(74)78)44-24-20-16-12-8-6-10-14-18-22-42-73-46-63(87-67(73)77)48-81-59-35-27-55(28-36-59)71(3,4)57-31-39-61(40-32-57)83-50-65-52-85-65;1-3-5-7-9-10-8-6-4-2;1-4-5-6-7-8-9(2)3;4-1-3-2-5-3;;/h25-40,62-65H,5-24,41-53H2,1-4H3;1,4,8H,2H3;1,9H,2-3H3;3-4H,1-2H2;2*1H. The second-order valence-corrected chi connectivity index (χ2v) is 30.0. The minimum absolute atomic E-state index is 0. The number of rotatable bonds is 43. The summed E-state index contributed by atoms with van der Waals surface area (Å²) in [6.45, 7) is 23.1. The number of cyclic esters (lactones) is 4. The summed E-state index contributed by atoms with van der Waals surface area (Å²) < 4.78 is 55.2. The Labute approximate surface area is 670 Å². The van der Waals surface area contributed by atoms with E-state index in [0.29, 0.717) is 78.3 Å². The number of hydrogen-bond donors (Lipinski definition) is 1. The Morgan fingerprint density at radius 2 is 0.741 bits per heavy atom. The van der Waals surface area contributed by atoms with E-state index in [4.69, 9.17) is 60.6 Å². The number of allylic oxidation sites excluding steroid dienone is 1. The fraction of sp³-hybridized carbons (Fsp3) is 0.538. The van der Waals surface area contributed by atoms with Gasteiger partial charge in [0, 0.05) is 51.9 Å². The summed E-state index contributed by atoms with van der Waals surface area (Å²) in [6.07, 6.45) is 33.6. The Hall–Kier alpha value is -9.92. The Morgan fingerprint density at radius 1 is 0.438 bits per heavy atom. The van der Waals surface area contributed by atoms with E-state index in [1.165, 1.54) is 73.6 Å². The van der Waals surface area contributed by atoms with Crippen molar-refractivity contribution in [2.45, 2.75) is 218 Å². The molecule has 10 rings (SSSR count). The summed E-state index contributed by atoms with van der Waals surface area (Å²) in [5.74, 6) is 28.3. The largest absolute Gasteiger partial charge is 0.491 e. The van der Waals surface area contributed by atoms with Gasteiger partial charge in [0.15, 0.2) is 12.2 Å². The minimum Gasteiger partial charge on any atom is -0.491 e. The molecule has 1 N–H and O–H groups in total. The zero-order valence-electron chi connectivity index (χ0n) is 67.2. The zero-order chi connectivity index (χ0) is 80.0. The lowest BCUT2D eigenvalue weighted by Gasteiger charge is -2.33. The topological polar surface area (TPSA) is 204 Å². The molecular formula is C93H122N4O15. The first-order valence-electron chi connectivity index (χ1n) is 40.2. The molecule has 0 bridgehead atoms. The number of hydrogen-bond acceptors (Lipinski definition) is 15. The number of carbonyl (C=O) groups is 4. The SMILES string of the molecule is C#CC#CC#CC(C)C.C#CC#CC#CC=C=CC.CC(C)(c1ccc(OCC2CO2)cc1)c1ccc(OCC2CN(CCCCCCCCCCCCN3CN(CCCCCCCCCCCCN4CC(COc5ccc(C(C)(C)c6ccc(OCC7CO7)cc6)cc5)OC4=O)C(=O)OC3=O)C(=O)O2)cc1.OCC1CO1.[HH].[HH]. The van der Waals surface area contributed by atoms with E-state index in [1.807, 2.05) is 79.1 Å². The van der Waals surface area contributed by atoms with Crippen LogP contribution in [0.3, 0.4) is 0 Å². The maximum atomic E-state index is 12.6. The van der Waals surface area contributed by atoms with Gasteiger partial charge < -0.3 is 62.3 Å². The van der Waals surface area contributed by atoms with E-state index < -0.39 is 12.2 Å². The molecule has 4 aromatic rings. The van der Waals surface area contributed by atoms with Crippen LogP contribution in [0.25, 0.3) is 0 Å². The van der Waals surface area contributed by atoms with Crippen molar-refractivity contribution in [2.24, 2.45) is 5.92 Å². The van der Waals surface area contributed by atoms with Crippen LogP contribution < -0.4 is 18.9 Å². The third kappa shape index (κ3) is 34.8. The summed E-state index contributed by atoms with van der Waals surface area (Å²) in [5.41, 5.74) is 7.13. The highest BCUT2D eigenvalue weighted by atomic mass is 16.6. The molecule has 6 fully saturated rings. The quantitative estimate of drug-likeness (QED) is 0.0109. The fourth-order valence-electron chi connectivity index (χ4n) is 12.6. The average molecular weight is 1540 g/mol. The number of nitrogens with zero attached hydrogens (tertiary/aromatic N) is 4. The molecule has 6 aliphatic rings. The van der Waals surface area contributed by atoms with Crippen molar-refractivity contribution in [1.82, 2.24) is 19.6 Å². The molecule has 112 heavy (non-hydrogen) atoms. The minimum atomic E-state index is -0.531. The van der Waals surface area contributed by atoms with Gasteiger partial charge in [-0.25, -0.2) is 19.2 Å². The van der Waals surface area contributed by atoms with Crippen molar-refractivity contribution >= 4 is 24.4 Å². The number of aliphatic hydroxyl groups excluding tert-OH is 1. The van der Waals surface area contributed by atoms with E-state index in [-0.39, 0.29) is 63.0 Å². The highest BCUT2D eigenvalue weighted by molar-refractivity contribution is 5.86. The van der Waals surface area contributed by atoms with Gasteiger partial charge in [0.05, 0.1) is 39.5 Å². The molecule has 604 valence electrons. The van der Waals surface area contributed by atoms with Crippen LogP contribution in [-0.4, -0.2) is 178 Å². The van der Waals surface area contributed by atoms with Crippen LogP contribution in [0.4, 0.5) is 19.2 Å². The van der Waals surface area contributed by atoms with Crippen LogP contribution in [0.15, 0.2) is 115 Å². The maximum Gasteiger partial charge on any atom is 0.420 e. The molecule has 6 saturated heterocycles. The van der Waals surface area contributed by atoms with Crippen LogP contribution in [0.1, 0.15) is 202 Å². The van der Waals surface area contributed by atoms with E-state index >= 15 is 0 Å². The van der Waals surface area contributed by atoms with Gasteiger partial charge in [0.2, 0.25) is 0 Å². The maximum absolute atomic E-state index is 12.6. The van der Waals surface area contributed by atoms with Crippen molar-refractivity contribution in [3.63, 3.8) is 0 Å². The van der Waals surface area contributed by atoms with Gasteiger partial charge in [-0.3, -0.25) is 9.80 Å². The van der Waals surface area contributed by atoms with Crippen molar-refractivity contribution in [2.75, 3.05) is 98.8 Å². The highest BCUT2D eigenvalue weighted by Crippen LogP contribution is 2.36. The Bertz CT molecular complexity index is 3750. The second kappa shape index (κ2) is 50.2. The van der Waals surface area contributed by atoms with E-state index in [9.17, 15) is 19.2 Å². The van der Waals surface area contributed by atoms with Gasteiger partial charge >= 0.3 is 24.4 Å². The van der Waals surface area contributed by atoms with Gasteiger partial charge in [0.1, 0.15) is 74.4 Å². The molecule has 0 saturated carbocycles. The Kier molecular flexibility index (Phi) is 40.0. The van der Waals surface area contributed by atoms with Crippen molar-refractivity contribution in [1.29, 1.82) is 0 Å². The lowest BCUT2D eigenvalue weighted by atomic mass is 9.78. The van der Waals surface area contributed by atoms with Crippen LogP contribution in [-0.2, 0) is 39.3 Å². The van der Waals surface area contributed by atoms with Gasteiger partial charge in [-0.05, 0) is 157 Å². The van der Waals surface area contributed by atoms with E-state index in [2.05, 4.69) is 146 Å². The van der Waals surface area contributed by atoms with Gasteiger partial charge in [-0.1, -0.05) is 205 Å². The van der Waals surface area contributed by atoms with Crippen LogP contribution in [0.2, 0.25) is 0 Å². The molecular weight excluding hydrogens is 1410 g/mol. The van der Waals surface area contributed by atoms with Crippen LogP contribution in [0.5, 0.6) is 23.0 Å². The number of epoxide rings is 3. The Balaban J connectivity index is 0.000000767. The highest BCUT2D eigenvalue weighted by Gasteiger charge is 2.35. The molecule has 19 nitrogen and oxygen atoms in total. The fourth-order valence-corrected chi connectivity index (χ4v) is 12.6. The summed E-state index contributed by atoms with van der Waals surface area (Å²) in [7, 11) is 0. The summed E-state index contributed by atoms with van der Waals surface area (Å²) in [6, 6.07) is 32.9. The summed E-state index contributed by atoms with van der Waals surface area (Å²) in [4.78, 5) is 57.2. The summed E-state index contributed by atoms with van der Waals surface area (Å²) in [5, 5.41) is 8.08. The number of terminal acetylenes is 2. The third-order valence-electron chi connectivity index (χ3n) is 19.8. The molecule has 6 heterocycles. The molecule has 4 aromatic carbocycles. The lowest BCUT2D eigenvalue weighted by molar-refractivity contribution is 0.0394.